The predicted octanol–water partition coefficient (Wildman–Crippen LogP) is 1.75. The molecule has 2 N–H and O–H groups in total. The molecule has 1 rings (SSSR count). The normalized spacial score (nSPS) is 10.1. The number of aliphatic hydroxyl groups is 1. The molecule has 1 amide bonds. The van der Waals surface area contributed by atoms with E-state index in [9.17, 15) is 4.79 Å². The Balaban J connectivity index is 2.52. The zero-order chi connectivity index (χ0) is 11.8. The molecule has 0 aromatic heterocycles. The molecule has 1 aromatic carbocycles. The molecule has 0 spiro atoms. The van der Waals surface area contributed by atoms with Gasteiger partial charge in [-0.3, -0.25) is 4.79 Å². The molecule has 88 valence electrons. The Morgan fingerprint density at radius 2 is 2.06 bits per heavy atom. The van der Waals surface area contributed by atoms with Crippen molar-refractivity contribution in [1.82, 2.24) is 5.32 Å². The van der Waals surface area contributed by atoms with Crippen LogP contribution in [0.3, 0.4) is 0 Å². The third kappa shape index (κ3) is 3.66. The van der Waals surface area contributed by atoms with E-state index in [2.05, 4.69) is 5.32 Å². The van der Waals surface area contributed by atoms with Crippen molar-refractivity contribution in [2.45, 2.75) is 26.2 Å². The third-order valence-corrected chi connectivity index (χ3v) is 2.51. The maximum atomic E-state index is 11.8. The number of benzene rings is 1. The molecule has 3 heteroatoms. The molecule has 0 fully saturated rings. The molecular formula is C13H19NO2. The van der Waals surface area contributed by atoms with E-state index in [4.69, 9.17) is 5.11 Å². The van der Waals surface area contributed by atoms with Crippen molar-refractivity contribution in [2.24, 2.45) is 0 Å². The topological polar surface area (TPSA) is 49.3 Å². The van der Waals surface area contributed by atoms with Crippen LogP contribution >= 0.6 is 0 Å². The second-order valence-electron chi connectivity index (χ2n) is 3.70. The zero-order valence-corrected chi connectivity index (χ0v) is 9.70. The number of hydrogen-bond acceptors (Lipinski definition) is 2. The summed E-state index contributed by atoms with van der Waals surface area (Å²) in [6.45, 7) is 2.84. The van der Waals surface area contributed by atoms with Gasteiger partial charge in [-0.2, -0.15) is 0 Å². The Morgan fingerprint density at radius 3 is 2.75 bits per heavy atom. The zero-order valence-electron chi connectivity index (χ0n) is 9.70. The lowest BCUT2D eigenvalue weighted by atomic mass is 10.0. The van der Waals surface area contributed by atoms with Gasteiger partial charge in [0.2, 0.25) is 0 Å². The molecule has 1 aromatic rings. The van der Waals surface area contributed by atoms with E-state index in [-0.39, 0.29) is 12.5 Å². The van der Waals surface area contributed by atoms with E-state index < -0.39 is 0 Å². The van der Waals surface area contributed by atoms with Crippen molar-refractivity contribution >= 4 is 5.91 Å². The second kappa shape index (κ2) is 7.01. The van der Waals surface area contributed by atoms with Gasteiger partial charge in [0.15, 0.2) is 0 Å². The molecule has 0 saturated heterocycles. The lowest BCUT2D eigenvalue weighted by molar-refractivity contribution is 0.0951. The first-order valence-electron chi connectivity index (χ1n) is 5.76. The first kappa shape index (κ1) is 12.7. The van der Waals surface area contributed by atoms with Crippen LogP contribution < -0.4 is 5.32 Å². The van der Waals surface area contributed by atoms with Crippen LogP contribution in [0.15, 0.2) is 24.3 Å². The van der Waals surface area contributed by atoms with Crippen LogP contribution in [0.25, 0.3) is 0 Å². The van der Waals surface area contributed by atoms with Gasteiger partial charge in [-0.1, -0.05) is 25.1 Å². The fourth-order valence-corrected chi connectivity index (χ4v) is 1.58. The molecule has 0 radical (unpaired) electrons. The van der Waals surface area contributed by atoms with Crippen molar-refractivity contribution in [3.63, 3.8) is 0 Å². The molecule has 0 aliphatic carbocycles. The number of amides is 1. The van der Waals surface area contributed by atoms with Crippen LogP contribution in [0.4, 0.5) is 0 Å². The number of aliphatic hydroxyl groups excluding tert-OH is 1. The second-order valence-corrected chi connectivity index (χ2v) is 3.70. The Kier molecular flexibility index (Phi) is 5.57. The van der Waals surface area contributed by atoms with Crippen LogP contribution in [0.2, 0.25) is 0 Å². The summed E-state index contributed by atoms with van der Waals surface area (Å²) in [7, 11) is 0. The molecule has 0 unspecified atom stereocenters. The molecule has 0 saturated carbocycles. The number of rotatable bonds is 6. The van der Waals surface area contributed by atoms with E-state index in [1.807, 2.05) is 31.2 Å². The van der Waals surface area contributed by atoms with Gasteiger partial charge in [0.1, 0.15) is 0 Å². The van der Waals surface area contributed by atoms with Gasteiger partial charge >= 0.3 is 0 Å². The highest BCUT2D eigenvalue weighted by atomic mass is 16.2. The lowest BCUT2D eigenvalue weighted by Gasteiger charge is -2.08. The minimum atomic E-state index is -0.0182. The van der Waals surface area contributed by atoms with Gasteiger partial charge in [0.25, 0.3) is 5.91 Å². The summed E-state index contributed by atoms with van der Waals surface area (Å²) in [5.74, 6) is -0.0182. The summed E-state index contributed by atoms with van der Waals surface area (Å²) in [5, 5.41) is 11.5. The summed E-state index contributed by atoms with van der Waals surface area (Å²) < 4.78 is 0. The Morgan fingerprint density at radius 1 is 1.31 bits per heavy atom. The standard InChI is InChI=1S/C13H19NO2/c1-2-11-7-3-4-8-12(11)13(16)14-9-5-6-10-15/h3-4,7-8,15H,2,5-6,9-10H2,1H3,(H,14,16). The average molecular weight is 221 g/mol. The molecule has 3 nitrogen and oxygen atoms in total. The van der Waals surface area contributed by atoms with Crippen molar-refractivity contribution in [3.05, 3.63) is 35.4 Å². The molecule has 0 aliphatic heterocycles. The summed E-state index contributed by atoms with van der Waals surface area (Å²) in [4.78, 5) is 11.8. The highest BCUT2D eigenvalue weighted by molar-refractivity contribution is 5.95. The number of carbonyl (C=O) groups excluding carboxylic acids is 1. The SMILES string of the molecule is CCc1ccccc1C(=O)NCCCCO. The molecular weight excluding hydrogens is 202 g/mol. The van der Waals surface area contributed by atoms with Crippen LogP contribution in [0.5, 0.6) is 0 Å². The minimum Gasteiger partial charge on any atom is -0.396 e. The highest BCUT2D eigenvalue weighted by Crippen LogP contribution is 2.09. The van der Waals surface area contributed by atoms with Crippen molar-refractivity contribution in [1.29, 1.82) is 0 Å². The van der Waals surface area contributed by atoms with Gasteiger partial charge in [0, 0.05) is 18.7 Å². The summed E-state index contributed by atoms with van der Waals surface area (Å²) in [5.41, 5.74) is 1.83. The van der Waals surface area contributed by atoms with Crippen molar-refractivity contribution in [3.8, 4) is 0 Å². The van der Waals surface area contributed by atoms with Gasteiger partial charge < -0.3 is 10.4 Å². The third-order valence-electron chi connectivity index (χ3n) is 2.51. The quantitative estimate of drug-likeness (QED) is 0.719. The average Bonchev–Trinajstić information content (AvgIpc) is 2.34. The molecule has 16 heavy (non-hydrogen) atoms. The van der Waals surface area contributed by atoms with E-state index in [0.717, 1.165) is 30.4 Å². The van der Waals surface area contributed by atoms with Crippen LogP contribution in [0.1, 0.15) is 35.7 Å². The fourth-order valence-electron chi connectivity index (χ4n) is 1.58. The maximum absolute atomic E-state index is 11.8. The number of carbonyl (C=O) groups is 1. The first-order valence-corrected chi connectivity index (χ1v) is 5.76. The summed E-state index contributed by atoms with van der Waals surface area (Å²) in [6.07, 6.45) is 2.41. The summed E-state index contributed by atoms with van der Waals surface area (Å²) >= 11 is 0. The fraction of sp³-hybridized carbons (Fsp3) is 0.462. The number of unbranched alkanes of at least 4 members (excludes halogenated alkanes) is 1. The van der Waals surface area contributed by atoms with Crippen molar-refractivity contribution < 1.29 is 9.90 Å². The molecule has 0 atom stereocenters. The Bertz CT molecular complexity index is 336. The smallest absolute Gasteiger partial charge is 0.251 e. The van der Waals surface area contributed by atoms with Gasteiger partial charge in [0.05, 0.1) is 0 Å². The number of nitrogens with one attached hydrogen (secondary N) is 1. The minimum absolute atomic E-state index is 0.0182. The highest BCUT2D eigenvalue weighted by Gasteiger charge is 2.08. The molecule has 0 aliphatic rings. The lowest BCUT2D eigenvalue weighted by Crippen LogP contribution is -2.25. The molecule has 0 bridgehead atoms. The maximum Gasteiger partial charge on any atom is 0.251 e. The Hall–Kier alpha value is -1.35. The summed E-state index contributed by atoms with van der Waals surface area (Å²) in [6, 6.07) is 7.64. The van der Waals surface area contributed by atoms with Crippen molar-refractivity contribution in [2.75, 3.05) is 13.2 Å². The molecule has 0 heterocycles. The largest absolute Gasteiger partial charge is 0.396 e. The van der Waals surface area contributed by atoms with Crippen LogP contribution in [0, 0.1) is 0 Å². The van der Waals surface area contributed by atoms with Crippen LogP contribution in [-0.4, -0.2) is 24.2 Å². The van der Waals surface area contributed by atoms with E-state index >= 15 is 0 Å². The number of aryl methyl sites for hydroxylation is 1. The van der Waals surface area contributed by atoms with E-state index in [1.54, 1.807) is 0 Å². The monoisotopic (exact) mass is 221 g/mol. The van der Waals surface area contributed by atoms with Gasteiger partial charge in [-0.25, -0.2) is 0 Å². The number of hydrogen-bond donors (Lipinski definition) is 2. The van der Waals surface area contributed by atoms with E-state index in [0.29, 0.717) is 6.54 Å². The Labute approximate surface area is 96.5 Å². The van der Waals surface area contributed by atoms with Crippen LogP contribution in [-0.2, 0) is 6.42 Å². The van der Waals surface area contributed by atoms with Gasteiger partial charge in [-0.15, -0.1) is 0 Å². The predicted molar refractivity (Wildman–Crippen MR) is 64.5 cm³/mol. The first-order chi connectivity index (χ1) is 7.79. The van der Waals surface area contributed by atoms with Gasteiger partial charge in [-0.05, 0) is 30.9 Å². The van der Waals surface area contributed by atoms with E-state index in [1.165, 1.54) is 0 Å².